The molecule has 0 saturated carbocycles. The van der Waals surface area contributed by atoms with Gasteiger partial charge in [-0.1, -0.05) is 95.9 Å². The van der Waals surface area contributed by atoms with Gasteiger partial charge in [0, 0.05) is 32.6 Å². The van der Waals surface area contributed by atoms with Crippen molar-refractivity contribution in [3.63, 3.8) is 0 Å². The van der Waals surface area contributed by atoms with E-state index in [1.165, 1.54) is 76.6 Å². The zero-order valence-electron chi connectivity index (χ0n) is 30.6. The molecule has 3 heterocycles. The van der Waals surface area contributed by atoms with E-state index in [9.17, 15) is 0 Å². The molecule has 7 aromatic carbocycles. The molecule has 10 aromatic rings. The molecule has 3 aromatic heterocycles. The lowest BCUT2D eigenvalue weighted by Gasteiger charge is -2.21. The predicted octanol–water partition coefficient (Wildman–Crippen LogP) is 2.45. The molecule has 0 unspecified atom stereocenters. The highest BCUT2D eigenvalue weighted by molar-refractivity contribution is 6.68. The number of rotatable bonds is 4. The van der Waals surface area contributed by atoms with Crippen molar-refractivity contribution in [3.8, 4) is 34.0 Å². The summed E-state index contributed by atoms with van der Waals surface area (Å²) in [5.41, 5.74) is 17.8. The number of fused-ring (bicyclic) bond motifs is 7. The first kappa shape index (κ1) is 31.5. The Hall–Kier alpha value is -6.20. The highest BCUT2D eigenvalue weighted by atomic mass is 15.2. The zero-order valence-corrected chi connectivity index (χ0v) is 30.6. The van der Waals surface area contributed by atoms with Crippen LogP contribution in [0.1, 0.15) is 0 Å². The molecule has 0 bridgehead atoms. The third kappa shape index (κ3) is 4.70. The van der Waals surface area contributed by atoms with Crippen LogP contribution in [0.5, 0.6) is 0 Å². The van der Waals surface area contributed by atoms with Crippen LogP contribution in [0.3, 0.4) is 0 Å². The highest BCUT2D eigenvalue weighted by Gasteiger charge is 2.21. The van der Waals surface area contributed by atoms with Crippen LogP contribution >= 0.6 is 0 Å². The maximum Gasteiger partial charge on any atom is 0.235 e. The SMILES string of the molecule is Bc1c(B)c(B)c(-c2nc(-n3c4ccccc4c4cc(-c5ccc6c(c5)c5ccccc5n6-c5ccccc5)ccc43)nc3ccccc23)c(B)c1B. The fourth-order valence-electron chi connectivity index (χ4n) is 8.59. The Bertz CT molecular complexity index is 3100. The van der Waals surface area contributed by atoms with Gasteiger partial charge in [-0.05, 0) is 71.3 Å². The average Bonchev–Trinajstić information content (AvgIpc) is 3.72. The van der Waals surface area contributed by atoms with Crippen molar-refractivity contribution in [1.82, 2.24) is 19.1 Å². The van der Waals surface area contributed by atoms with E-state index in [0.717, 1.165) is 33.3 Å². The fourth-order valence-corrected chi connectivity index (χ4v) is 8.59. The number of nitrogens with zero attached hydrogens (tertiary/aromatic N) is 4. The smallest absolute Gasteiger partial charge is 0.235 e. The molecule has 0 aliphatic carbocycles. The van der Waals surface area contributed by atoms with Crippen molar-refractivity contribution < 1.29 is 0 Å². The molecule has 9 heteroatoms. The molecule has 10 rings (SSSR count). The largest absolute Gasteiger partial charge is 0.309 e. The molecule has 0 aliphatic rings. The monoisotopic (exact) mass is 672 g/mol. The second kappa shape index (κ2) is 11.9. The normalized spacial score (nSPS) is 11.8. The van der Waals surface area contributed by atoms with Crippen LogP contribution in [0.15, 0.2) is 140 Å². The minimum atomic E-state index is 0.683. The van der Waals surface area contributed by atoms with E-state index in [1.807, 2.05) is 0 Å². The summed E-state index contributed by atoms with van der Waals surface area (Å²) in [4.78, 5) is 10.7. The summed E-state index contributed by atoms with van der Waals surface area (Å²) in [6.45, 7) is 0. The predicted molar refractivity (Wildman–Crippen MR) is 240 cm³/mol. The van der Waals surface area contributed by atoms with Gasteiger partial charge < -0.3 is 4.57 Å². The molecule has 0 spiro atoms. The number of aromatic nitrogens is 4. The number of benzene rings is 7. The summed E-state index contributed by atoms with van der Waals surface area (Å²) >= 11 is 0. The Morgan fingerprint density at radius 1 is 0.377 bits per heavy atom. The van der Waals surface area contributed by atoms with Gasteiger partial charge in [0.2, 0.25) is 5.95 Å². The molecule has 0 fully saturated rings. The van der Waals surface area contributed by atoms with E-state index < -0.39 is 0 Å². The van der Waals surface area contributed by atoms with E-state index in [-0.39, 0.29) is 0 Å². The first-order valence-corrected chi connectivity index (χ1v) is 18.4. The van der Waals surface area contributed by atoms with E-state index in [2.05, 4.69) is 188 Å². The van der Waals surface area contributed by atoms with Crippen LogP contribution in [0.4, 0.5) is 0 Å². The van der Waals surface area contributed by atoms with E-state index >= 15 is 0 Å². The molecule has 0 saturated heterocycles. The molecule has 53 heavy (non-hydrogen) atoms. The Morgan fingerprint density at radius 2 is 0.849 bits per heavy atom. The van der Waals surface area contributed by atoms with Crippen molar-refractivity contribution in [2.75, 3.05) is 0 Å². The van der Waals surface area contributed by atoms with Gasteiger partial charge >= 0.3 is 0 Å². The van der Waals surface area contributed by atoms with Gasteiger partial charge in [-0.25, -0.2) is 9.97 Å². The van der Waals surface area contributed by atoms with Crippen molar-refractivity contribution in [1.29, 1.82) is 0 Å². The topological polar surface area (TPSA) is 35.6 Å². The molecular weight excluding hydrogens is 639 g/mol. The van der Waals surface area contributed by atoms with Gasteiger partial charge in [0.15, 0.2) is 0 Å². The van der Waals surface area contributed by atoms with Crippen LogP contribution in [-0.2, 0) is 0 Å². The fraction of sp³-hybridized carbons (Fsp3) is 0. The average molecular weight is 672 g/mol. The molecular formula is C44H33B5N4. The number of hydrogen-bond donors (Lipinski definition) is 0. The maximum atomic E-state index is 5.47. The van der Waals surface area contributed by atoms with E-state index in [0.29, 0.717) is 5.95 Å². The van der Waals surface area contributed by atoms with E-state index in [4.69, 9.17) is 9.97 Å². The summed E-state index contributed by atoms with van der Waals surface area (Å²) in [5.74, 6) is 0.683. The van der Waals surface area contributed by atoms with Gasteiger partial charge in [-0.3, -0.25) is 4.57 Å². The van der Waals surface area contributed by atoms with Gasteiger partial charge in [0.1, 0.15) is 39.2 Å². The van der Waals surface area contributed by atoms with Gasteiger partial charge in [0.25, 0.3) is 0 Å². The van der Waals surface area contributed by atoms with Crippen LogP contribution in [0.25, 0.3) is 88.5 Å². The van der Waals surface area contributed by atoms with Gasteiger partial charge in [-0.2, -0.15) is 0 Å². The second-order valence-electron chi connectivity index (χ2n) is 14.4. The molecule has 0 N–H and O–H groups in total. The zero-order chi connectivity index (χ0) is 36.0. The third-order valence-electron chi connectivity index (χ3n) is 11.7. The Morgan fingerprint density at radius 3 is 1.47 bits per heavy atom. The Balaban J connectivity index is 1.19. The Labute approximate surface area is 312 Å². The Kier molecular flexibility index (Phi) is 7.10. The van der Waals surface area contributed by atoms with Crippen LogP contribution in [0, 0.1) is 0 Å². The lowest BCUT2D eigenvalue weighted by Crippen LogP contribution is -2.55. The van der Waals surface area contributed by atoms with Gasteiger partial charge in [0.05, 0.1) is 33.3 Å². The van der Waals surface area contributed by atoms with Crippen LogP contribution in [-0.4, -0.2) is 58.3 Å². The van der Waals surface area contributed by atoms with Crippen molar-refractivity contribution in [3.05, 3.63) is 140 Å². The standard InChI is InChI=1S/C44H33B5N4/c45-38-37(39(46)41(48)42(49)40(38)47)43-29-14-4-7-15-32(29)50-44(51-43)53-34-17-9-6-13-28(34)31-23-25(19-21-36(31)53)24-18-20-35-30(22-24)27-12-5-8-16-33(27)52(35)26-10-2-1-3-11-26/h1-23H,45-49H2. The maximum absolute atomic E-state index is 5.47. The minimum absolute atomic E-state index is 0.683. The number of para-hydroxylation sites is 4. The van der Waals surface area contributed by atoms with Crippen LogP contribution < -0.4 is 27.3 Å². The lowest BCUT2D eigenvalue weighted by molar-refractivity contribution is 1.01. The highest BCUT2D eigenvalue weighted by Crippen LogP contribution is 2.38. The van der Waals surface area contributed by atoms with Crippen molar-refractivity contribution >= 4 is 121 Å². The number of hydrogen-bond acceptors (Lipinski definition) is 2. The summed E-state index contributed by atoms with van der Waals surface area (Å²) in [6, 6.07) is 50.1. The molecule has 0 amide bonds. The lowest BCUT2D eigenvalue weighted by atomic mass is 9.60. The first-order valence-electron chi connectivity index (χ1n) is 18.4. The second-order valence-corrected chi connectivity index (χ2v) is 14.4. The third-order valence-corrected chi connectivity index (χ3v) is 11.7. The molecule has 0 aliphatic heterocycles. The summed E-state index contributed by atoms with van der Waals surface area (Å²) in [6.07, 6.45) is 0. The minimum Gasteiger partial charge on any atom is -0.309 e. The summed E-state index contributed by atoms with van der Waals surface area (Å²) in [7, 11) is 11.2. The van der Waals surface area contributed by atoms with Crippen LogP contribution in [0.2, 0.25) is 0 Å². The summed E-state index contributed by atoms with van der Waals surface area (Å²) < 4.78 is 4.62. The van der Waals surface area contributed by atoms with E-state index in [1.54, 1.807) is 0 Å². The first-order chi connectivity index (χ1) is 25.9. The summed E-state index contributed by atoms with van der Waals surface area (Å²) in [5, 5.41) is 5.92. The molecule has 0 atom stereocenters. The van der Waals surface area contributed by atoms with Gasteiger partial charge in [-0.15, -0.1) is 16.4 Å². The molecule has 0 radical (unpaired) electrons. The molecule has 4 nitrogen and oxygen atoms in total. The quantitative estimate of drug-likeness (QED) is 0.270. The van der Waals surface area contributed by atoms with Crippen molar-refractivity contribution in [2.45, 2.75) is 0 Å². The van der Waals surface area contributed by atoms with Crippen molar-refractivity contribution in [2.24, 2.45) is 0 Å². The molecule has 244 valence electrons.